The van der Waals surface area contributed by atoms with Crippen LogP contribution in [0.1, 0.15) is 24.8 Å². The molecule has 134 valence electrons. The fourth-order valence-electron chi connectivity index (χ4n) is 2.27. The molecule has 6 nitrogen and oxygen atoms in total. The van der Waals surface area contributed by atoms with Gasteiger partial charge in [0, 0.05) is 17.8 Å². The van der Waals surface area contributed by atoms with Crippen molar-refractivity contribution < 1.29 is 14.3 Å². The Morgan fingerprint density at radius 2 is 1.62 bits per heavy atom. The minimum Gasteiger partial charge on any atom is -0.493 e. The number of nitriles is 1. The van der Waals surface area contributed by atoms with Crippen LogP contribution < -0.4 is 15.4 Å². The SMILES string of the molecule is Cc1ccccc1OCCCC(=O)Nc1ccc(NC(=O)CC#N)cc1. The number of nitrogens with zero attached hydrogens (tertiary/aromatic N) is 1. The number of rotatable bonds is 8. The van der Waals surface area contributed by atoms with Gasteiger partial charge in [-0.25, -0.2) is 0 Å². The molecule has 26 heavy (non-hydrogen) atoms. The second-order valence-electron chi connectivity index (χ2n) is 5.73. The Morgan fingerprint density at radius 3 is 2.23 bits per heavy atom. The van der Waals surface area contributed by atoms with Gasteiger partial charge in [0.2, 0.25) is 11.8 Å². The average molecular weight is 351 g/mol. The summed E-state index contributed by atoms with van der Waals surface area (Å²) in [6, 6.07) is 16.3. The molecule has 2 aromatic carbocycles. The molecule has 0 fully saturated rings. The summed E-state index contributed by atoms with van der Waals surface area (Å²) in [5.74, 6) is 0.375. The third-order valence-corrected chi connectivity index (χ3v) is 3.59. The Hall–Kier alpha value is -3.33. The molecule has 2 aromatic rings. The third-order valence-electron chi connectivity index (χ3n) is 3.59. The molecule has 0 saturated heterocycles. The largest absolute Gasteiger partial charge is 0.493 e. The highest BCUT2D eigenvalue weighted by Crippen LogP contribution is 2.17. The van der Waals surface area contributed by atoms with Crippen LogP contribution in [0.5, 0.6) is 5.75 Å². The number of hydrogen-bond donors (Lipinski definition) is 2. The van der Waals surface area contributed by atoms with Gasteiger partial charge in [0.05, 0.1) is 12.7 Å². The van der Waals surface area contributed by atoms with Crippen LogP contribution in [0, 0.1) is 18.3 Å². The molecule has 0 aliphatic carbocycles. The Morgan fingerprint density at radius 1 is 1.00 bits per heavy atom. The summed E-state index contributed by atoms with van der Waals surface area (Å²) in [5.41, 5.74) is 2.29. The van der Waals surface area contributed by atoms with Gasteiger partial charge in [0.1, 0.15) is 12.2 Å². The molecule has 0 unspecified atom stereocenters. The van der Waals surface area contributed by atoms with E-state index < -0.39 is 0 Å². The molecule has 0 aliphatic rings. The molecular formula is C20H21N3O3. The van der Waals surface area contributed by atoms with Crippen LogP contribution in [0.2, 0.25) is 0 Å². The fraction of sp³-hybridized carbons (Fsp3) is 0.250. The zero-order valence-corrected chi connectivity index (χ0v) is 14.6. The van der Waals surface area contributed by atoms with Crippen LogP contribution in [0.25, 0.3) is 0 Å². The van der Waals surface area contributed by atoms with Gasteiger partial charge in [-0.2, -0.15) is 5.26 Å². The summed E-state index contributed by atoms with van der Waals surface area (Å²) in [7, 11) is 0. The first-order valence-electron chi connectivity index (χ1n) is 8.33. The van der Waals surface area contributed by atoms with Crippen molar-refractivity contribution in [3.05, 3.63) is 54.1 Å². The van der Waals surface area contributed by atoms with Gasteiger partial charge in [0.25, 0.3) is 0 Å². The predicted octanol–water partition coefficient (Wildman–Crippen LogP) is 3.64. The van der Waals surface area contributed by atoms with Crippen molar-refractivity contribution in [2.24, 2.45) is 0 Å². The van der Waals surface area contributed by atoms with Crippen molar-refractivity contribution in [3.63, 3.8) is 0 Å². The van der Waals surface area contributed by atoms with Crippen molar-refractivity contribution in [2.75, 3.05) is 17.2 Å². The second-order valence-corrected chi connectivity index (χ2v) is 5.73. The van der Waals surface area contributed by atoms with E-state index in [0.717, 1.165) is 11.3 Å². The molecule has 0 radical (unpaired) electrons. The van der Waals surface area contributed by atoms with Gasteiger partial charge in [-0.05, 0) is 49.2 Å². The Labute approximate surface area is 152 Å². The minimum atomic E-state index is -0.363. The summed E-state index contributed by atoms with van der Waals surface area (Å²) in [6.07, 6.45) is 0.776. The van der Waals surface area contributed by atoms with Crippen LogP contribution in [0.3, 0.4) is 0 Å². The molecular weight excluding hydrogens is 330 g/mol. The summed E-state index contributed by atoms with van der Waals surface area (Å²) in [5, 5.41) is 13.9. The fourth-order valence-corrected chi connectivity index (χ4v) is 2.27. The quantitative estimate of drug-likeness (QED) is 0.710. The summed E-state index contributed by atoms with van der Waals surface area (Å²) in [4.78, 5) is 23.3. The Balaban J connectivity index is 1.71. The summed E-state index contributed by atoms with van der Waals surface area (Å²) < 4.78 is 5.67. The normalized spacial score (nSPS) is 9.85. The van der Waals surface area contributed by atoms with Gasteiger partial charge in [0.15, 0.2) is 0 Å². The number of carbonyl (C=O) groups excluding carboxylic acids is 2. The Bertz CT molecular complexity index is 795. The lowest BCUT2D eigenvalue weighted by Gasteiger charge is -2.09. The number of amides is 2. The highest BCUT2D eigenvalue weighted by atomic mass is 16.5. The number of benzene rings is 2. The lowest BCUT2D eigenvalue weighted by Crippen LogP contribution is -2.13. The van der Waals surface area contributed by atoms with E-state index in [0.29, 0.717) is 30.8 Å². The van der Waals surface area contributed by atoms with Crippen molar-refractivity contribution in [1.29, 1.82) is 5.26 Å². The number of aryl methyl sites for hydroxylation is 1. The van der Waals surface area contributed by atoms with E-state index in [2.05, 4.69) is 10.6 Å². The van der Waals surface area contributed by atoms with Crippen LogP contribution in [0.4, 0.5) is 11.4 Å². The third kappa shape index (κ3) is 6.29. The maximum atomic E-state index is 12.0. The molecule has 0 aliphatic heterocycles. The number of anilines is 2. The molecule has 0 heterocycles. The van der Waals surface area contributed by atoms with Gasteiger partial charge in [-0.1, -0.05) is 18.2 Å². The number of para-hydroxylation sites is 1. The molecule has 0 bridgehead atoms. The van der Waals surface area contributed by atoms with Crippen molar-refractivity contribution >= 4 is 23.2 Å². The molecule has 2 N–H and O–H groups in total. The van der Waals surface area contributed by atoms with Gasteiger partial charge in [-0.15, -0.1) is 0 Å². The minimum absolute atomic E-state index is 0.0975. The van der Waals surface area contributed by atoms with E-state index in [-0.39, 0.29) is 18.2 Å². The number of carbonyl (C=O) groups is 2. The topological polar surface area (TPSA) is 91.2 Å². The van der Waals surface area contributed by atoms with Gasteiger partial charge < -0.3 is 15.4 Å². The Kier molecular flexibility index (Phi) is 7.19. The van der Waals surface area contributed by atoms with Crippen molar-refractivity contribution in [1.82, 2.24) is 0 Å². The van der Waals surface area contributed by atoms with E-state index in [9.17, 15) is 9.59 Å². The molecule has 6 heteroatoms. The standard InChI is InChI=1S/C20H21N3O3/c1-15-5-2-3-6-18(15)26-14-4-7-19(24)22-16-8-10-17(11-9-16)23-20(25)12-13-21/h2-3,5-6,8-11H,4,7,12,14H2,1H3,(H,22,24)(H,23,25). The van der Waals surface area contributed by atoms with Crippen LogP contribution in [-0.4, -0.2) is 18.4 Å². The van der Waals surface area contributed by atoms with E-state index in [1.54, 1.807) is 30.3 Å². The molecule has 0 spiro atoms. The zero-order chi connectivity index (χ0) is 18.8. The molecule has 0 atom stereocenters. The summed E-state index contributed by atoms with van der Waals surface area (Å²) >= 11 is 0. The number of nitrogens with one attached hydrogen (secondary N) is 2. The summed E-state index contributed by atoms with van der Waals surface area (Å²) in [6.45, 7) is 2.45. The van der Waals surface area contributed by atoms with Crippen molar-refractivity contribution in [3.8, 4) is 11.8 Å². The first-order valence-corrected chi connectivity index (χ1v) is 8.33. The highest BCUT2D eigenvalue weighted by molar-refractivity contribution is 5.93. The average Bonchev–Trinajstić information content (AvgIpc) is 2.62. The smallest absolute Gasteiger partial charge is 0.238 e. The highest BCUT2D eigenvalue weighted by Gasteiger charge is 2.05. The van der Waals surface area contributed by atoms with Crippen LogP contribution in [0.15, 0.2) is 48.5 Å². The van der Waals surface area contributed by atoms with Crippen LogP contribution in [-0.2, 0) is 9.59 Å². The second kappa shape index (κ2) is 9.84. The number of ether oxygens (including phenoxy) is 1. The molecule has 0 saturated carbocycles. The van der Waals surface area contributed by atoms with Gasteiger partial charge in [-0.3, -0.25) is 9.59 Å². The van der Waals surface area contributed by atoms with E-state index >= 15 is 0 Å². The molecule has 0 aromatic heterocycles. The lowest BCUT2D eigenvalue weighted by atomic mass is 10.2. The van der Waals surface area contributed by atoms with E-state index in [4.69, 9.17) is 10.00 Å². The maximum Gasteiger partial charge on any atom is 0.238 e. The van der Waals surface area contributed by atoms with Crippen molar-refractivity contribution in [2.45, 2.75) is 26.2 Å². The molecule has 2 amide bonds. The monoisotopic (exact) mass is 351 g/mol. The number of hydrogen-bond acceptors (Lipinski definition) is 4. The molecule has 2 rings (SSSR count). The maximum absolute atomic E-state index is 12.0. The first-order chi connectivity index (χ1) is 12.6. The first kappa shape index (κ1) is 19.0. The van der Waals surface area contributed by atoms with Crippen LogP contribution >= 0.6 is 0 Å². The lowest BCUT2D eigenvalue weighted by molar-refractivity contribution is -0.116. The van der Waals surface area contributed by atoms with Gasteiger partial charge >= 0.3 is 0 Å². The predicted molar refractivity (Wildman–Crippen MR) is 99.8 cm³/mol. The van der Waals surface area contributed by atoms with E-state index in [1.165, 1.54) is 0 Å². The van der Waals surface area contributed by atoms with E-state index in [1.807, 2.05) is 31.2 Å². The zero-order valence-electron chi connectivity index (χ0n) is 14.6.